The highest BCUT2D eigenvalue weighted by Gasteiger charge is 2.15. The van der Waals surface area contributed by atoms with Gasteiger partial charge in [0.2, 0.25) is 5.91 Å². The number of nitrogens with zero attached hydrogens (tertiary/aromatic N) is 2. The molecule has 6 heteroatoms. The molecule has 0 radical (unpaired) electrons. The van der Waals surface area contributed by atoms with E-state index in [9.17, 15) is 9.59 Å². The molecule has 1 fully saturated rings. The Morgan fingerprint density at radius 3 is 2.70 bits per heavy atom. The predicted octanol–water partition coefficient (Wildman–Crippen LogP) is 2.15. The first kappa shape index (κ1) is 15.2. The summed E-state index contributed by atoms with van der Waals surface area (Å²) in [5.41, 5.74) is 0.420. The van der Waals surface area contributed by atoms with Gasteiger partial charge in [-0.3, -0.25) is 14.2 Å². The minimum atomic E-state index is -0.214. The Balaban J connectivity index is 1.97. The third-order valence-electron chi connectivity index (χ3n) is 3.69. The molecule has 1 aromatic heterocycles. The van der Waals surface area contributed by atoms with E-state index >= 15 is 0 Å². The first-order valence-electron chi connectivity index (χ1n) is 7.09. The molecule has 1 aromatic rings. The quantitative estimate of drug-likeness (QED) is 0.856. The lowest BCUT2D eigenvalue weighted by Gasteiger charge is -2.16. The molecule has 1 amide bonds. The molecule has 0 aliphatic heterocycles. The summed E-state index contributed by atoms with van der Waals surface area (Å²) in [6, 6.07) is 0.252. The van der Waals surface area contributed by atoms with Gasteiger partial charge in [0, 0.05) is 6.04 Å². The zero-order valence-electron chi connectivity index (χ0n) is 11.7. The zero-order valence-corrected chi connectivity index (χ0v) is 13.3. The van der Waals surface area contributed by atoms with Crippen molar-refractivity contribution >= 4 is 21.8 Å². The van der Waals surface area contributed by atoms with Crippen molar-refractivity contribution < 1.29 is 4.79 Å². The lowest BCUT2D eigenvalue weighted by Crippen LogP contribution is -2.38. The summed E-state index contributed by atoms with van der Waals surface area (Å²) in [4.78, 5) is 28.1. The molecule has 1 N–H and O–H groups in total. The second-order valence-corrected chi connectivity index (χ2v) is 6.13. The van der Waals surface area contributed by atoms with Gasteiger partial charge in [0.25, 0.3) is 5.56 Å². The van der Waals surface area contributed by atoms with E-state index in [1.807, 2.05) is 0 Å². The number of aromatic nitrogens is 2. The van der Waals surface area contributed by atoms with Crippen LogP contribution in [0, 0.1) is 6.92 Å². The van der Waals surface area contributed by atoms with Crippen LogP contribution in [0.25, 0.3) is 0 Å². The van der Waals surface area contributed by atoms with Gasteiger partial charge in [-0.1, -0.05) is 25.7 Å². The molecule has 1 aliphatic carbocycles. The molecule has 0 atom stereocenters. The maximum Gasteiger partial charge on any atom is 0.268 e. The number of halogens is 1. The van der Waals surface area contributed by atoms with E-state index in [2.05, 4.69) is 26.2 Å². The Labute approximate surface area is 126 Å². The van der Waals surface area contributed by atoms with Crippen LogP contribution in [0.5, 0.6) is 0 Å². The minimum Gasteiger partial charge on any atom is -0.352 e. The molecule has 1 aliphatic rings. The minimum absolute atomic E-state index is 0.0290. The van der Waals surface area contributed by atoms with Crippen molar-refractivity contribution in [1.82, 2.24) is 14.9 Å². The van der Waals surface area contributed by atoms with Gasteiger partial charge in [0.1, 0.15) is 11.0 Å². The van der Waals surface area contributed by atoms with Crippen LogP contribution in [0.2, 0.25) is 0 Å². The lowest BCUT2D eigenvalue weighted by molar-refractivity contribution is -0.122. The van der Waals surface area contributed by atoms with E-state index in [4.69, 9.17) is 0 Å². The van der Waals surface area contributed by atoms with E-state index in [0.29, 0.717) is 10.2 Å². The predicted molar refractivity (Wildman–Crippen MR) is 80.6 cm³/mol. The van der Waals surface area contributed by atoms with E-state index in [-0.39, 0.29) is 24.1 Å². The summed E-state index contributed by atoms with van der Waals surface area (Å²) in [6.07, 6.45) is 8.34. The Kier molecular flexibility index (Phi) is 5.34. The van der Waals surface area contributed by atoms with Gasteiger partial charge in [-0.2, -0.15) is 0 Å². The molecular formula is C14H20BrN3O2. The third-order valence-corrected chi connectivity index (χ3v) is 4.60. The summed E-state index contributed by atoms with van der Waals surface area (Å²) < 4.78 is 1.76. The number of aryl methyl sites for hydroxylation is 1. The van der Waals surface area contributed by atoms with Crippen LogP contribution < -0.4 is 10.9 Å². The number of carbonyl (C=O) groups excluding carboxylic acids is 1. The van der Waals surface area contributed by atoms with Crippen molar-refractivity contribution in [2.24, 2.45) is 0 Å². The maximum atomic E-state index is 12.0. The summed E-state index contributed by atoms with van der Waals surface area (Å²) >= 11 is 3.20. The van der Waals surface area contributed by atoms with Crippen LogP contribution in [0.15, 0.2) is 15.6 Å². The Hall–Kier alpha value is -1.17. The standard InChI is InChI=1S/C14H20BrN3O2/c1-10-13(15)14(20)18(9-16-10)8-12(19)17-11-6-4-2-3-5-7-11/h9,11H,2-8H2,1H3,(H,17,19). The van der Waals surface area contributed by atoms with Crippen LogP contribution in [0.4, 0.5) is 0 Å². The molecule has 0 unspecified atom stereocenters. The van der Waals surface area contributed by atoms with Crippen molar-refractivity contribution in [2.45, 2.75) is 58.0 Å². The summed E-state index contributed by atoms with van der Waals surface area (Å²) in [5, 5.41) is 3.03. The third kappa shape index (κ3) is 3.91. The summed E-state index contributed by atoms with van der Waals surface area (Å²) in [5.74, 6) is -0.114. The Morgan fingerprint density at radius 2 is 2.05 bits per heavy atom. The van der Waals surface area contributed by atoms with Crippen molar-refractivity contribution in [3.05, 3.63) is 26.8 Å². The molecule has 110 valence electrons. The zero-order chi connectivity index (χ0) is 14.5. The monoisotopic (exact) mass is 341 g/mol. The molecular weight excluding hydrogens is 322 g/mol. The van der Waals surface area contributed by atoms with Crippen molar-refractivity contribution in [1.29, 1.82) is 0 Å². The Bertz CT molecular complexity index is 534. The number of rotatable bonds is 3. The molecule has 0 spiro atoms. The second-order valence-electron chi connectivity index (χ2n) is 5.33. The fraction of sp³-hybridized carbons (Fsp3) is 0.643. The van der Waals surface area contributed by atoms with Gasteiger partial charge in [-0.05, 0) is 35.7 Å². The SMILES string of the molecule is Cc1ncn(CC(=O)NC2CCCCCC2)c(=O)c1Br. The van der Waals surface area contributed by atoms with E-state index in [1.54, 1.807) is 6.92 Å². The number of carbonyl (C=O) groups is 1. The van der Waals surface area contributed by atoms with Gasteiger partial charge < -0.3 is 5.32 Å². The van der Waals surface area contributed by atoms with Crippen LogP contribution in [0.3, 0.4) is 0 Å². The van der Waals surface area contributed by atoms with Gasteiger partial charge in [0.15, 0.2) is 0 Å². The normalized spacial score (nSPS) is 16.7. The molecule has 1 saturated carbocycles. The van der Waals surface area contributed by atoms with Crippen LogP contribution >= 0.6 is 15.9 Å². The summed E-state index contributed by atoms with van der Waals surface area (Å²) in [7, 11) is 0. The molecule has 1 heterocycles. The average Bonchev–Trinajstić information content (AvgIpc) is 2.68. The molecule has 20 heavy (non-hydrogen) atoms. The Morgan fingerprint density at radius 1 is 1.40 bits per heavy atom. The van der Waals surface area contributed by atoms with E-state index < -0.39 is 0 Å². The molecule has 5 nitrogen and oxygen atoms in total. The summed E-state index contributed by atoms with van der Waals surface area (Å²) in [6.45, 7) is 1.78. The highest BCUT2D eigenvalue weighted by molar-refractivity contribution is 9.10. The second kappa shape index (κ2) is 7.02. The number of hydrogen-bond acceptors (Lipinski definition) is 3. The topological polar surface area (TPSA) is 64.0 Å². The first-order valence-corrected chi connectivity index (χ1v) is 7.88. The van der Waals surface area contributed by atoms with Crippen LogP contribution in [0.1, 0.15) is 44.2 Å². The number of hydrogen-bond donors (Lipinski definition) is 1. The van der Waals surface area contributed by atoms with Crippen molar-refractivity contribution in [3.8, 4) is 0 Å². The van der Waals surface area contributed by atoms with Crippen molar-refractivity contribution in [3.63, 3.8) is 0 Å². The average molecular weight is 342 g/mol. The van der Waals surface area contributed by atoms with Crippen LogP contribution in [-0.2, 0) is 11.3 Å². The number of nitrogens with one attached hydrogen (secondary N) is 1. The fourth-order valence-electron chi connectivity index (χ4n) is 2.51. The fourth-order valence-corrected chi connectivity index (χ4v) is 2.84. The smallest absolute Gasteiger partial charge is 0.268 e. The molecule has 0 saturated heterocycles. The van der Waals surface area contributed by atoms with Gasteiger partial charge in [0.05, 0.1) is 12.0 Å². The maximum absolute atomic E-state index is 12.0. The highest BCUT2D eigenvalue weighted by atomic mass is 79.9. The van der Waals surface area contributed by atoms with Crippen LogP contribution in [-0.4, -0.2) is 21.5 Å². The van der Waals surface area contributed by atoms with Gasteiger partial charge >= 0.3 is 0 Å². The highest BCUT2D eigenvalue weighted by Crippen LogP contribution is 2.17. The molecule has 2 rings (SSSR count). The first-order chi connectivity index (χ1) is 9.58. The molecule has 0 bridgehead atoms. The van der Waals surface area contributed by atoms with Gasteiger partial charge in [-0.15, -0.1) is 0 Å². The molecule has 0 aromatic carbocycles. The number of amides is 1. The van der Waals surface area contributed by atoms with Gasteiger partial charge in [-0.25, -0.2) is 4.98 Å². The lowest BCUT2D eigenvalue weighted by atomic mass is 10.1. The van der Waals surface area contributed by atoms with E-state index in [0.717, 1.165) is 12.8 Å². The largest absolute Gasteiger partial charge is 0.352 e. The van der Waals surface area contributed by atoms with Crippen molar-refractivity contribution in [2.75, 3.05) is 0 Å². The van der Waals surface area contributed by atoms with E-state index in [1.165, 1.54) is 36.6 Å².